The largest absolute Gasteiger partial charge is 0.255 e. The lowest BCUT2D eigenvalue weighted by Gasteiger charge is -2.14. The minimum Gasteiger partial charge on any atom is -0.255 e. The summed E-state index contributed by atoms with van der Waals surface area (Å²) in [5, 5.41) is 1.44. The average molecular weight is 450 g/mol. The molecule has 3 nitrogen and oxygen atoms in total. The van der Waals surface area contributed by atoms with Crippen LogP contribution >= 0.6 is 23.2 Å². The van der Waals surface area contributed by atoms with Gasteiger partial charge in [0.1, 0.15) is 11.6 Å². The Bertz CT molecular complexity index is 1340. The third-order valence-electron chi connectivity index (χ3n) is 4.37. The predicted molar refractivity (Wildman–Crippen MR) is 109 cm³/mol. The van der Waals surface area contributed by atoms with Crippen LogP contribution in [-0.4, -0.2) is 13.4 Å². The molecule has 1 aromatic heterocycles. The van der Waals surface area contributed by atoms with Crippen molar-refractivity contribution in [3.8, 4) is 11.1 Å². The number of rotatable bonds is 3. The highest BCUT2D eigenvalue weighted by Gasteiger charge is 2.26. The van der Waals surface area contributed by atoms with Crippen LogP contribution in [0.2, 0.25) is 10.0 Å². The summed E-state index contributed by atoms with van der Waals surface area (Å²) in [6.07, 6.45) is 1.17. The first-order chi connectivity index (χ1) is 13.8. The summed E-state index contributed by atoms with van der Waals surface area (Å²) in [4.78, 5) is 3.52. The fraction of sp³-hybridized carbons (Fsp3) is 0. The van der Waals surface area contributed by atoms with Gasteiger partial charge in [-0.1, -0.05) is 41.4 Å². The molecular weight excluding hydrogens is 439 g/mol. The first-order valence-corrected chi connectivity index (χ1v) is 10.5. The van der Waals surface area contributed by atoms with Gasteiger partial charge in [-0.3, -0.25) is 4.98 Å². The van der Waals surface area contributed by atoms with E-state index in [1.807, 2.05) is 0 Å². The molecule has 146 valence electrons. The van der Waals surface area contributed by atoms with Crippen molar-refractivity contribution in [3.63, 3.8) is 0 Å². The Morgan fingerprint density at radius 3 is 2.07 bits per heavy atom. The van der Waals surface area contributed by atoms with Gasteiger partial charge in [0, 0.05) is 33.3 Å². The maximum absolute atomic E-state index is 13.7. The lowest BCUT2D eigenvalue weighted by Crippen LogP contribution is -2.06. The number of nitrogens with zero attached hydrogens (tertiary/aromatic N) is 1. The maximum atomic E-state index is 13.7. The Morgan fingerprint density at radius 1 is 0.793 bits per heavy atom. The molecular formula is C21H11Cl2F2NO2S. The fourth-order valence-electron chi connectivity index (χ4n) is 3.08. The molecule has 0 aliphatic rings. The number of sulfone groups is 1. The normalized spacial score (nSPS) is 11.7. The van der Waals surface area contributed by atoms with Gasteiger partial charge in [-0.25, -0.2) is 17.2 Å². The third kappa shape index (κ3) is 3.71. The molecule has 0 aliphatic heterocycles. The van der Waals surface area contributed by atoms with Gasteiger partial charge >= 0.3 is 0 Å². The van der Waals surface area contributed by atoms with Gasteiger partial charge in [0.05, 0.1) is 15.3 Å². The predicted octanol–water partition coefficient (Wildman–Crippen LogP) is 6.32. The van der Waals surface area contributed by atoms with Crippen molar-refractivity contribution in [1.29, 1.82) is 0 Å². The van der Waals surface area contributed by atoms with E-state index in [4.69, 9.17) is 23.2 Å². The van der Waals surface area contributed by atoms with Gasteiger partial charge in [-0.2, -0.15) is 0 Å². The number of pyridine rings is 1. The van der Waals surface area contributed by atoms with Crippen molar-refractivity contribution in [3.05, 3.63) is 88.5 Å². The molecule has 0 amide bonds. The summed E-state index contributed by atoms with van der Waals surface area (Å²) in [5.74, 6) is -1.98. The Balaban J connectivity index is 2.07. The zero-order valence-corrected chi connectivity index (χ0v) is 16.9. The second kappa shape index (κ2) is 7.37. The number of hydrogen-bond donors (Lipinski definition) is 0. The first-order valence-electron chi connectivity index (χ1n) is 8.31. The molecule has 3 aromatic carbocycles. The standard InChI is InChI=1S/C21H11Cl2F2NO2S/c22-13-3-1-12(2-4-13)21-18-6-5-14(23)7-19(18)26-11-20(21)29(27,28)17-9-15(24)8-16(25)10-17/h1-11H. The minimum atomic E-state index is -4.28. The van der Waals surface area contributed by atoms with E-state index >= 15 is 0 Å². The highest BCUT2D eigenvalue weighted by molar-refractivity contribution is 7.91. The summed E-state index contributed by atoms with van der Waals surface area (Å²) in [6, 6.07) is 13.6. The Hall–Kier alpha value is -2.54. The SMILES string of the molecule is O=S(=O)(c1cc(F)cc(F)c1)c1cnc2cc(Cl)ccc2c1-c1ccc(Cl)cc1. The molecule has 0 radical (unpaired) electrons. The molecule has 0 spiro atoms. The van der Waals surface area contributed by atoms with E-state index in [1.54, 1.807) is 42.5 Å². The molecule has 4 aromatic rings. The van der Waals surface area contributed by atoms with Crippen LogP contribution in [-0.2, 0) is 9.84 Å². The first kappa shape index (κ1) is 19.8. The van der Waals surface area contributed by atoms with Crippen LogP contribution in [0, 0.1) is 11.6 Å². The van der Waals surface area contributed by atoms with Gasteiger partial charge in [0.25, 0.3) is 0 Å². The molecule has 8 heteroatoms. The van der Waals surface area contributed by atoms with Crippen LogP contribution in [0.25, 0.3) is 22.0 Å². The number of hydrogen-bond acceptors (Lipinski definition) is 3. The molecule has 1 heterocycles. The van der Waals surface area contributed by atoms with E-state index in [1.165, 1.54) is 6.20 Å². The number of aromatic nitrogens is 1. The molecule has 29 heavy (non-hydrogen) atoms. The number of halogens is 4. The second-order valence-electron chi connectivity index (χ2n) is 6.27. The number of fused-ring (bicyclic) bond motifs is 1. The zero-order chi connectivity index (χ0) is 20.8. The van der Waals surface area contributed by atoms with Gasteiger partial charge in [-0.15, -0.1) is 0 Å². The monoisotopic (exact) mass is 449 g/mol. The van der Waals surface area contributed by atoms with Crippen molar-refractivity contribution in [1.82, 2.24) is 4.98 Å². The molecule has 0 aliphatic carbocycles. The molecule has 0 bridgehead atoms. The smallest absolute Gasteiger partial charge is 0.208 e. The van der Waals surface area contributed by atoms with Crippen LogP contribution in [0.15, 0.2) is 76.7 Å². The van der Waals surface area contributed by atoms with E-state index in [-0.39, 0.29) is 4.90 Å². The van der Waals surface area contributed by atoms with E-state index in [2.05, 4.69) is 4.98 Å². The quantitative estimate of drug-likeness (QED) is 0.367. The van der Waals surface area contributed by atoms with Crippen molar-refractivity contribution >= 4 is 43.9 Å². The molecule has 0 unspecified atom stereocenters. The van der Waals surface area contributed by atoms with Gasteiger partial charge < -0.3 is 0 Å². The number of benzene rings is 3. The van der Waals surface area contributed by atoms with Crippen molar-refractivity contribution in [2.75, 3.05) is 0 Å². The van der Waals surface area contributed by atoms with E-state index < -0.39 is 26.4 Å². The summed E-state index contributed by atoms with van der Waals surface area (Å²) in [7, 11) is -4.28. The van der Waals surface area contributed by atoms with Gasteiger partial charge in [0.15, 0.2) is 0 Å². The van der Waals surface area contributed by atoms with Gasteiger partial charge in [-0.05, 0) is 42.0 Å². The Morgan fingerprint density at radius 2 is 1.41 bits per heavy atom. The second-order valence-corrected chi connectivity index (χ2v) is 9.07. The highest BCUT2D eigenvalue weighted by Crippen LogP contribution is 2.37. The van der Waals surface area contributed by atoms with Crippen LogP contribution in [0.1, 0.15) is 0 Å². The highest BCUT2D eigenvalue weighted by atomic mass is 35.5. The van der Waals surface area contributed by atoms with Crippen LogP contribution < -0.4 is 0 Å². The summed E-state index contributed by atoms with van der Waals surface area (Å²) < 4.78 is 53.9. The van der Waals surface area contributed by atoms with Crippen molar-refractivity contribution in [2.45, 2.75) is 9.79 Å². The van der Waals surface area contributed by atoms with Crippen molar-refractivity contribution in [2.24, 2.45) is 0 Å². The molecule has 0 saturated carbocycles. The maximum Gasteiger partial charge on any atom is 0.208 e. The molecule has 0 saturated heterocycles. The fourth-order valence-corrected chi connectivity index (χ4v) is 4.85. The van der Waals surface area contributed by atoms with Crippen LogP contribution in [0.5, 0.6) is 0 Å². The molecule has 4 rings (SSSR count). The summed E-state index contributed by atoms with van der Waals surface area (Å²) in [5.41, 5.74) is 1.37. The van der Waals surface area contributed by atoms with Crippen molar-refractivity contribution < 1.29 is 17.2 Å². The summed E-state index contributed by atoms with van der Waals surface area (Å²) in [6.45, 7) is 0. The Kier molecular flexibility index (Phi) is 5.02. The van der Waals surface area contributed by atoms with E-state index in [9.17, 15) is 17.2 Å². The van der Waals surface area contributed by atoms with Crippen LogP contribution in [0.3, 0.4) is 0 Å². The minimum absolute atomic E-state index is 0.181. The average Bonchev–Trinajstić information content (AvgIpc) is 2.67. The molecule has 0 N–H and O–H groups in total. The van der Waals surface area contributed by atoms with Crippen LogP contribution in [0.4, 0.5) is 8.78 Å². The Labute approximate surface area is 175 Å². The van der Waals surface area contributed by atoms with E-state index in [0.29, 0.717) is 38.1 Å². The van der Waals surface area contributed by atoms with Gasteiger partial charge in [0.2, 0.25) is 9.84 Å². The summed E-state index contributed by atoms with van der Waals surface area (Å²) >= 11 is 12.0. The molecule has 0 atom stereocenters. The lowest BCUT2D eigenvalue weighted by atomic mass is 10.0. The van der Waals surface area contributed by atoms with E-state index in [0.717, 1.165) is 12.1 Å². The molecule has 0 fully saturated rings. The topological polar surface area (TPSA) is 47.0 Å². The zero-order valence-electron chi connectivity index (χ0n) is 14.5. The lowest BCUT2D eigenvalue weighted by molar-refractivity contribution is 0.567. The third-order valence-corrected chi connectivity index (χ3v) is 6.60.